The molecule has 2 fully saturated rings. The van der Waals surface area contributed by atoms with Crippen LogP contribution in [0.1, 0.15) is 24.8 Å². The summed E-state index contributed by atoms with van der Waals surface area (Å²) in [6.07, 6.45) is 4.01. The molecule has 0 amide bonds. The highest BCUT2D eigenvalue weighted by Gasteiger charge is 2.39. The molecule has 1 spiro atoms. The Kier molecular flexibility index (Phi) is 2.40. The Hall–Kier alpha value is -1.02. The van der Waals surface area contributed by atoms with Crippen molar-refractivity contribution in [2.24, 2.45) is 0 Å². The van der Waals surface area contributed by atoms with Gasteiger partial charge in [-0.3, -0.25) is 0 Å². The Morgan fingerprint density at radius 2 is 2.00 bits per heavy atom. The molecule has 3 rings (SSSR count). The molecule has 16 heavy (non-hydrogen) atoms. The van der Waals surface area contributed by atoms with Crippen molar-refractivity contribution in [2.75, 3.05) is 24.5 Å². The summed E-state index contributed by atoms with van der Waals surface area (Å²) >= 11 is 0. The summed E-state index contributed by atoms with van der Waals surface area (Å²) in [5.74, 6) is 0. The van der Waals surface area contributed by atoms with Gasteiger partial charge in [-0.05, 0) is 44.9 Å². The summed E-state index contributed by atoms with van der Waals surface area (Å²) in [5, 5.41) is 3.70. The van der Waals surface area contributed by atoms with Crippen molar-refractivity contribution in [1.82, 2.24) is 5.32 Å². The summed E-state index contributed by atoms with van der Waals surface area (Å²) in [6.45, 7) is 5.75. The molecule has 0 aromatic heterocycles. The van der Waals surface area contributed by atoms with Gasteiger partial charge in [0.15, 0.2) is 0 Å². The quantitative estimate of drug-likeness (QED) is 0.775. The molecule has 1 N–H and O–H groups in total. The van der Waals surface area contributed by atoms with Gasteiger partial charge in [0, 0.05) is 24.3 Å². The minimum atomic E-state index is 0.435. The van der Waals surface area contributed by atoms with Gasteiger partial charge in [0.2, 0.25) is 0 Å². The maximum Gasteiger partial charge on any atom is 0.0374 e. The lowest BCUT2D eigenvalue weighted by molar-refractivity contribution is 0.419. The Morgan fingerprint density at radius 3 is 2.69 bits per heavy atom. The molecule has 2 nitrogen and oxygen atoms in total. The first kappa shape index (κ1) is 10.2. The number of nitrogens with zero attached hydrogens (tertiary/aromatic N) is 1. The van der Waals surface area contributed by atoms with E-state index < -0.39 is 0 Å². The topological polar surface area (TPSA) is 15.3 Å². The van der Waals surface area contributed by atoms with E-state index in [2.05, 4.69) is 41.4 Å². The minimum absolute atomic E-state index is 0.435. The van der Waals surface area contributed by atoms with Crippen molar-refractivity contribution in [1.29, 1.82) is 0 Å². The average molecular weight is 216 g/mol. The molecule has 0 radical (unpaired) electrons. The van der Waals surface area contributed by atoms with E-state index >= 15 is 0 Å². The molecule has 2 saturated heterocycles. The molecule has 0 bridgehead atoms. The van der Waals surface area contributed by atoms with E-state index in [-0.39, 0.29) is 0 Å². The van der Waals surface area contributed by atoms with Crippen molar-refractivity contribution in [3.05, 3.63) is 29.8 Å². The molecule has 0 saturated carbocycles. The van der Waals surface area contributed by atoms with Crippen molar-refractivity contribution in [3.8, 4) is 0 Å². The minimum Gasteiger partial charge on any atom is -0.370 e. The Labute approximate surface area is 97.6 Å². The van der Waals surface area contributed by atoms with Crippen LogP contribution in [0.5, 0.6) is 0 Å². The van der Waals surface area contributed by atoms with Crippen LogP contribution in [-0.4, -0.2) is 25.2 Å². The number of anilines is 1. The van der Waals surface area contributed by atoms with E-state index in [4.69, 9.17) is 0 Å². The summed E-state index contributed by atoms with van der Waals surface area (Å²) in [5.41, 5.74) is 3.16. The van der Waals surface area contributed by atoms with E-state index in [1.165, 1.54) is 50.1 Å². The molecule has 0 aliphatic carbocycles. The van der Waals surface area contributed by atoms with Gasteiger partial charge in [0.25, 0.3) is 0 Å². The maximum absolute atomic E-state index is 3.70. The van der Waals surface area contributed by atoms with Crippen LogP contribution in [0.3, 0.4) is 0 Å². The lowest BCUT2D eigenvalue weighted by atomic mass is 9.97. The molecule has 2 heteroatoms. The molecule has 2 heterocycles. The van der Waals surface area contributed by atoms with Gasteiger partial charge in [-0.15, -0.1) is 0 Å². The number of aryl methyl sites for hydroxylation is 1. The molecular weight excluding hydrogens is 196 g/mol. The Bertz CT molecular complexity index is 363. The molecule has 1 unspecified atom stereocenters. The smallest absolute Gasteiger partial charge is 0.0374 e. The number of hydrogen-bond acceptors (Lipinski definition) is 2. The molecule has 1 atom stereocenters. The van der Waals surface area contributed by atoms with Crippen molar-refractivity contribution in [2.45, 2.75) is 31.7 Å². The zero-order valence-corrected chi connectivity index (χ0v) is 10.00. The van der Waals surface area contributed by atoms with E-state index in [9.17, 15) is 0 Å². The van der Waals surface area contributed by atoms with Crippen molar-refractivity contribution in [3.63, 3.8) is 0 Å². The van der Waals surface area contributed by atoms with Gasteiger partial charge in [-0.25, -0.2) is 0 Å². The normalized spacial score (nSPS) is 29.2. The third-order valence-electron chi connectivity index (χ3n) is 4.09. The van der Waals surface area contributed by atoms with Crippen LogP contribution < -0.4 is 10.2 Å². The zero-order valence-electron chi connectivity index (χ0n) is 10.00. The average Bonchev–Trinajstić information content (AvgIpc) is 2.91. The first-order chi connectivity index (χ1) is 7.77. The van der Waals surface area contributed by atoms with E-state index in [0.29, 0.717) is 5.54 Å². The summed E-state index contributed by atoms with van der Waals surface area (Å²) in [6, 6.07) is 8.93. The Morgan fingerprint density at radius 1 is 1.19 bits per heavy atom. The van der Waals surface area contributed by atoms with Gasteiger partial charge in [-0.2, -0.15) is 0 Å². The van der Waals surface area contributed by atoms with E-state index in [1.54, 1.807) is 0 Å². The molecule has 1 aromatic carbocycles. The van der Waals surface area contributed by atoms with Gasteiger partial charge < -0.3 is 10.2 Å². The summed E-state index contributed by atoms with van der Waals surface area (Å²) in [7, 11) is 0. The summed E-state index contributed by atoms with van der Waals surface area (Å²) in [4.78, 5) is 2.53. The fourth-order valence-corrected chi connectivity index (χ4v) is 3.07. The summed E-state index contributed by atoms with van der Waals surface area (Å²) < 4.78 is 0. The highest BCUT2D eigenvalue weighted by atomic mass is 15.2. The van der Waals surface area contributed by atoms with Crippen LogP contribution in [0.25, 0.3) is 0 Å². The second kappa shape index (κ2) is 3.77. The number of benzene rings is 1. The largest absolute Gasteiger partial charge is 0.370 e. The molecular formula is C14H20N2. The predicted octanol–water partition coefficient (Wildman–Crippen LogP) is 2.33. The monoisotopic (exact) mass is 216 g/mol. The maximum atomic E-state index is 3.70. The van der Waals surface area contributed by atoms with Crippen molar-refractivity contribution < 1.29 is 0 Å². The van der Waals surface area contributed by atoms with Gasteiger partial charge in [-0.1, -0.05) is 17.7 Å². The third-order valence-corrected chi connectivity index (χ3v) is 4.09. The van der Waals surface area contributed by atoms with Gasteiger partial charge >= 0.3 is 0 Å². The molecule has 86 valence electrons. The van der Waals surface area contributed by atoms with E-state index in [0.717, 1.165) is 0 Å². The molecule has 2 aliphatic heterocycles. The molecule has 2 aliphatic rings. The van der Waals surface area contributed by atoms with Crippen LogP contribution in [0, 0.1) is 6.92 Å². The van der Waals surface area contributed by atoms with Crippen LogP contribution >= 0.6 is 0 Å². The molecule has 1 aromatic rings. The van der Waals surface area contributed by atoms with Crippen LogP contribution in [-0.2, 0) is 0 Å². The highest BCUT2D eigenvalue weighted by molar-refractivity contribution is 5.49. The number of nitrogens with one attached hydrogen (secondary N) is 1. The van der Waals surface area contributed by atoms with Crippen LogP contribution in [0.15, 0.2) is 24.3 Å². The van der Waals surface area contributed by atoms with Crippen LogP contribution in [0.4, 0.5) is 5.69 Å². The first-order valence-electron chi connectivity index (χ1n) is 6.34. The van der Waals surface area contributed by atoms with Gasteiger partial charge in [0.05, 0.1) is 0 Å². The Balaban J connectivity index is 1.75. The second-order valence-electron chi connectivity index (χ2n) is 5.32. The number of rotatable bonds is 1. The van der Waals surface area contributed by atoms with Gasteiger partial charge in [0.1, 0.15) is 0 Å². The highest BCUT2D eigenvalue weighted by Crippen LogP contribution is 2.32. The van der Waals surface area contributed by atoms with Crippen molar-refractivity contribution >= 4 is 5.69 Å². The van der Waals surface area contributed by atoms with Crippen LogP contribution in [0.2, 0.25) is 0 Å². The predicted molar refractivity (Wildman–Crippen MR) is 68.0 cm³/mol. The zero-order chi connectivity index (χ0) is 11.0. The fourth-order valence-electron chi connectivity index (χ4n) is 3.07. The lowest BCUT2D eigenvalue weighted by Gasteiger charge is -2.25. The second-order valence-corrected chi connectivity index (χ2v) is 5.32. The third kappa shape index (κ3) is 1.71. The standard InChI is InChI=1S/C14H20N2/c1-12-3-5-13(6-4-12)16-10-8-14(11-16)7-2-9-15-14/h3-6,15H,2,7-11H2,1H3. The number of hydrogen-bond donors (Lipinski definition) is 1. The lowest BCUT2D eigenvalue weighted by Crippen LogP contribution is -2.42. The SMILES string of the molecule is Cc1ccc(N2CCC3(CCCN3)C2)cc1. The fraction of sp³-hybridized carbons (Fsp3) is 0.571. The van der Waals surface area contributed by atoms with E-state index in [1.807, 2.05) is 0 Å². The first-order valence-corrected chi connectivity index (χ1v) is 6.34.